The molecular formula is C23H45F3O3S. The first-order chi connectivity index (χ1) is 14.3. The molecule has 0 aromatic rings. The number of halogens is 3. The van der Waals surface area contributed by atoms with Crippen LogP contribution in [0.1, 0.15) is 135 Å². The first-order valence-corrected chi connectivity index (χ1v) is 13.7. The molecule has 0 spiro atoms. The predicted molar refractivity (Wildman–Crippen MR) is 119 cm³/mol. The molecule has 0 fully saturated rings. The van der Waals surface area contributed by atoms with Crippen LogP contribution in [0, 0.1) is 0 Å². The molecule has 0 aromatic heterocycles. The van der Waals surface area contributed by atoms with E-state index in [4.69, 9.17) is 0 Å². The van der Waals surface area contributed by atoms with Gasteiger partial charge in [0.1, 0.15) is 0 Å². The molecule has 0 heterocycles. The van der Waals surface area contributed by atoms with Gasteiger partial charge < -0.3 is 0 Å². The third-order valence-corrected chi connectivity index (χ3v) is 6.56. The number of rotatable bonds is 22. The normalized spacial score (nSPS) is 12.5. The molecule has 0 saturated heterocycles. The van der Waals surface area contributed by atoms with Crippen LogP contribution in [0.25, 0.3) is 0 Å². The summed E-state index contributed by atoms with van der Waals surface area (Å²) in [6, 6.07) is 0. The molecule has 30 heavy (non-hydrogen) atoms. The van der Waals surface area contributed by atoms with Crippen molar-refractivity contribution >= 4 is 10.1 Å². The maximum absolute atomic E-state index is 12.1. The van der Waals surface area contributed by atoms with Gasteiger partial charge in [-0.3, -0.25) is 4.18 Å². The largest absolute Gasteiger partial charge is 0.523 e. The lowest BCUT2D eigenvalue weighted by atomic mass is 10.0. The van der Waals surface area contributed by atoms with E-state index in [-0.39, 0.29) is 6.61 Å². The van der Waals surface area contributed by atoms with E-state index in [1.807, 2.05) is 0 Å². The lowest BCUT2D eigenvalue weighted by Crippen LogP contribution is -2.25. The van der Waals surface area contributed by atoms with E-state index in [2.05, 4.69) is 11.1 Å². The van der Waals surface area contributed by atoms with Crippen LogP contribution in [0.3, 0.4) is 0 Å². The second-order valence-electron chi connectivity index (χ2n) is 8.44. The molecule has 0 N–H and O–H groups in total. The van der Waals surface area contributed by atoms with Crippen molar-refractivity contribution in [1.82, 2.24) is 0 Å². The molecule has 0 unspecified atom stereocenters. The monoisotopic (exact) mass is 458 g/mol. The Morgan fingerprint density at radius 1 is 0.533 bits per heavy atom. The zero-order valence-corrected chi connectivity index (χ0v) is 19.9. The van der Waals surface area contributed by atoms with E-state index in [0.29, 0.717) is 12.8 Å². The van der Waals surface area contributed by atoms with Crippen LogP contribution in [0.2, 0.25) is 0 Å². The number of hydrogen-bond donors (Lipinski definition) is 0. The molecule has 0 rings (SSSR count). The minimum absolute atomic E-state index is 0.341. The Morgan fingerprint density at radius 2 is 0.800 bits per heavy atom. The van der Waals surface area contributed by atoms with Gasteiger partial charge in [0.15, 0.2) is 0 Å². The minimum Gasteiger partial charge on any atom is -0.263 e. The highest BCUT2D eigenvalue weighted by Gasteiger charge is 2.47. The van der Waals surface area contributed by atoms with E-state index in [1.54, 1.807) is 0 Å². The van der Waals surface area contributed by atoms with Crippen LogP contribution >= 0.6 is 0 Å². The van der Waals surface area contributed by atoms with Gasteiger partial charge >= 0.3 is 15.6 Å². The summed E-state index contributed by atoms with van der Waals surface area (Å²) in [7, 11) is -5.42. The summed E-state index contributed by atoms with van der Waals surface area (Å²) < 4.78 is 61.6. The molecule has 182 valence electrons. The molecule has 0 aliphatic rings. The highest BCUT2D eigenvalue weighted by molar-refractivity contribution is 7.87. The topological polar surface area (TPSA) is 43.4 Å². The van der Waals surface area contributed by atoms with Crippen LogP contribution in [0.15, 0.2) is 0 Å². The molecule has 0 bridgehead atoms. The molecule has 0 aromatic carbocycles. The van der Waals surface area contributed by atoms with Gasteiger partial charge in [0.2, 0.25) is 0 Å². The second kappa shape index (κ2) is 19.4. The minimum atomic E-state index is -5.42. The van der Waals surface area contributed by atoms with Crippen LogP contribution in [0.4, 0.5) is 13.2 Å². The average Bonchev–Trinajstić information content (AvgIpc) is 2.68. The van der Waals surface area contributed by atoms with E-state index in [1.165, 1.54) is 96.3 Å². The maximum Gasteiger partial charge on any atom is 0.523 e. The SMILES string of the molecule is CCCCCCCCCCCCCCCCCCCCCCOS(=O)(=O)C(F)(F)F. The molecular weight excluding hydrogens is 413 g/mol. The molecule has 0 aliphatic heterocycles. The maximum atomic E-state index is 12.1. The van der Waals surface area contributed by atoms with Crippen LogP contribution in [-0.2, 0) is 14.3 Å². The van der Waals surface area contributed by atoms with Crippen molar-refractivity contribution in [1.29, 1.82) is 0 Å². The third-order valence-electron chi connectivity index (χ3n) is 5.52. The fourth-order valence-corrected chi connectivity index (χ4v) is 4.06. The Hall–Kier alpha value is -0.300. The second-order valence-corrected chi connectivity index (χ2v) is 10.0. The van der Waals surface area contributed by atoms with Gasteiger partial charge in [-0.05, 0) is 6.42 Å². The molecule has 0 radical (unpaired) electrons. The van der Waals surface area contributed by atoms with Crippen molar-refractivity contribution in [2.45, 2.75) is 141 Å². The first-order valence-electron chi connectivity index (χ1n) is 12.3. The zero-order valence-electron chi connectivity index (χ0n) is 19.1. The molecule has 0 atom stereocenters. The summed E-state index contributed by atoms with van der Waals surface area (Å²) in [4.78, 5) is 0. The van der Waals surface area contributed by atoms with Gasteiger partial charge in [-0.2, -0.15) is 21.6 Å². The summed E-state index contributed by atoms with van der Waals surface area (Å²) in [5.41, 5.74) is -5.32. The fraction of sp³-hybridized carbons (Fsp3) is 1.00. The van der Waals surface area contributed by atoms with Gasteiger partial charge in [-0.15, -0.1) is 0 Å². The quantitative estimate of drug-likeness (QED) is 0.0925. The summed E-state index contributed by atoms with van der Waals surface area (Å²) >= 11 is 0. The summed E-state index contributed by atoms with van der Waals surface area (Å²) in [6.45, 7) is 1.87. The highest BCUT2D eigenvalue weighted by atomic mass is 32.2. The Balaban J connectivity index is 3.18. The molecule has 7 heteroatoms. The average molecular weight is 459 g/mol. The third kappa shape index (κ3) is 18.5. The predicted octanol–water partition coefficient (Wildman–Crippen LogP) is 8.67. The smallest absolute Gasteiger partial charge is 0.263 e. The standard InChI is InChI=1S/C23H45F3O3S/c1-2-3-4-5-6-7-8-9-10-11-12-13-14-15-16-17-18-19-20-21-22-29-30(27,28)23(24,25)26/h2-22H2,1H3. The van der Waals surface area contributed by atoms with Crippen molar-refractivity contribution in [3.8, 4) is 0 Å². The summed E-state index contributed by atoms with van der Waals surface area (Å²) in [5, 5.41) is 0. The summed E-state index contributed by atoms with van der Waals surface area (Å²) in [6.07, 6.45) is 24.4. The number of hydrogen-bond acceptors (Lipinski definition) is 3. The van der Waals surface area contributed by atoms with Gasteiger partial charge in [0.25, 0.3) is 0 Å². The van der Waals surface area contributed by atoms with Crippen LogP contribution in [-0.4, -0.2) is 20.5 Å². The van der Waals surface area contributed by atoms with Gasteiger partial charge in [0, 0.05) is 0 Å². The van der Waals surface area contributed by atoms with Crippen molar-refractivity contribution in [2.75, 3.05) is 6.61 Å². The van der Waals surface area contributed by atoms with E-state index in [9.17, 15) is 21.6 Å². The van der Waals surface area contributed by atoms with Crippen LogP contribution in [0.5, 0.6) is 0 Å². The van der Waals surface area contributed by atoms with Gasteiger partial charge in [-0.1, -0.05) is 129 Å². The van der Waals surface area contributed by atoms with Crippen molar-refractivity contribution in [3.05, 3.63) is 0 Å². The van der Waals surface area contributed by atoms with Gasteiger partial charge in [0.05, 0.1) is 6.61 Å². The molecule has 0 saturated carbocycles. The number of alkyl halides is 3. The zero-order chi connectivity index (χ0) is 22.6. The van der Waals surface area contributed by atoms with E-state index < -0.39 is 15.6 Å². The Kier molecular flexibility index (Phi) is 19.2. The van der Waals surface area contributed by atoms with Crippen LogP contribution < -0.4 is 0 Å². The Bertz CT molecular complexity index is 465. The number of unbranched alkanes of at least 4 members (excludes halogenated alkanes) is 19. The summed E-state index contributed by atoms with van der Waals surface area (Å²) in [5.74, 6) is 0. The lowest BCUT2D eigenvalue weighted by molar-refractivity contribution is -0.0542. The van der Waals surface area contributed by atoms with Gasteiger partial charge in [-0.25, -0.2) is 0 Å². The highest BCUT2D eigenvalue weighted by Crippen LogP contribution is 2.24. The Labute approximate surface area is 183 Å². The first kappa shape index (κ1) is 29.7. The van der Waals surface area contributed by atoms with E-state index in [0.717, 1.165) is 19.3 Å². The van der Waals surface area contributed by atoms with Crippen molar-refractivity contribution in [2.24, 2.45) is 0 Å². The molecule has 0 amide bonds. The van der Waals surface area contributed by atoms with Crippen molar-refractivity contribution < 1.29 is 25.8 Å². The fourth-order valence-electron chi connectivity index (χ4n) is 3.59. The Morgan fingerprint density at radius 3 is 1.07 bits per heavy atom. The van der Waals surface area contributed by atoms with E-state index >= 15 is 0 Å². The van der Waals surface area contributed by atoms with Crippen molar-refractivity contribution in [3.63, 3.8) is 0 Å². The lowest BCUT2D eigenvalue weighted by Gasteiger charge is -2.08. The molecule has 0 aliphatic carbocycles. The molecule has 3 nitrogen and oxygen atoms in total.